The molecule has 2 aromatic rings. The van der Waals surface area contributed by atoms with Crippen molar-refractivity contribution in [3.63, 3.8) is 0 Å². The van der Waals surface area contributed by atoms with E-state index in [2.05, 4.69) is 6.58 Å². The lowest BCUT2D eigenvalue weighted by atomic mass is 9.97. The van der Waals surface area contributed by atoms with Crippen LogP contribution in [0, 0.1) is 5.41 Å². The van der Waals surface area contributed by atoms with E-state index < -0.39 is 9.84 Å². The molecule has 0 aliphatic heterocycles. The van der Waals surface area contributed by atoms with Crippen molar-refractivity contribution in [1.29, 1.82) is 5.41 Å². The van der Waals surface area contributed by atoms with Crippen LogP contribution in [0.3, 0.4) is 0 Å². The number of benzene rings is 1. The standard InChI is InChI=1S/C19H22N4O2S3/c1-4-14(21)17(11(2)10-20)12-6-5-7-13(8-12)28(24,25)16-9-15(18(22)23)27-19(16)26-3/h4-10H,1,20-21H2,2-3H3,(H3,22,23)/b11-10-,17-14-. The molecule has 0 aliphatic carbocycles. The van der Waals surface area contributed by atoms with Crippen LogP contribution in [0.5, 0.6) is 0 Å². The summed E-state index contributed by atoms with van der Waals surface area (Å²) in [6.07, 6.45) is 4.69. The largest absolute Gasteiger partial charge is 0.404 e. The van der Waals surface area contributed by atoms with Crippen LogP contribution in [-0.4, -0.2) is 20.5 Å². The molecule has 1 heterocycles. The first-order chi connectivity index (χ1) is 13.2. The monoisotopic (exact) mass is 434 g/mol. The van der Waals surface area contributed by atoms with Gasteiger partial charge in [0.05, 0.1) is 18.9 Å². The Morgan fingerprint density at radius 1 is 1.29 bits per heavy atom. The zero-order chi connectivity index (χ0) is 21.1. The molecular formula is C19H22N4O2S3. The lowest BCUT2D eigenvalue weighted by Crippen LogP contribution is -2.09. The molecule has 28 heavy (non-hydrogen) atoms. The predicted octanol–water partition coefficient (Wildman–Crippen LogP) is 3.31. The summed E-state index contributed by atoms with van der Waals surface area (Å²) in [6, 6.07) is 7.95. The van der Waals surface area contributed by atoms with Gasteiger partial charge in [-0.3, -0.25) is 5.41 Å². The molecular weight excluding hydrogens is 412 g/mol. The van der Waals surface area contributed by atoms with E-state index in [1.807, 2.05) is 0 Å². The van der Waals surface area contributed by atoms with Gasteiger partial charge in [0, 0.05) is 11.3 Å². The van der Waals surface area contributed by atoms with E-state index in [-0.39, 0.29) is 15.6 Å². The normalized spacial score (nSPS) is 13.1. The molecule has 0 fully saturated rings. The van der Waals surface area contributed by atoms with Crippen molar-refractivity contribution in [3.8, 4) is 0 Å². The van der Waals surface area contributed by atoms with Gasteiger partial charge in [0.1, 0.15) is 5.84 Å². The van der Waals surface area contributed by atoms with Crippen LogP contribution in [0.2, 0.25) is 0 Å². The van der Waals surface area contributed by atoms with E-state index in [1.54, 1.807) is 31.4 Å². The zero-order valence-electron chi connectivity index (χ0n) is 15.5. The van der Waals surface area contributed by atoms with Crippen LogP contribution in [-0.2, 0) is 9.84 Å². The van der Waals surface area contributed by atoms with E-state index in [9.17, 15) is 8.42 Å². The molecule has 0 amide bonds. The van der Waals surface area contributed by atoms with Gasteiger partial charge in [-0.25, -0.2) is 8.42 Å². The van der Waals surface area contributed by atoms with Crippen molar-refractivity contribution in [3.05, 3.63) is 70.9 Å². The third kappa shape index (κ3) is 4.16. The van der Waals surface area contributed by atoms with Crippen molar-refractivity contribution in [2.75, 3.05) is 6.26 Å². The third-order valence-electron chi connectivity index (χ3n) is 3.99. The van der Waals surface area contributed by atoms with Crippen molar-refractivity contribution in [2.24, 2.45) is 17.2 Å². The lowest BCUT2D eigenvalue weighted by molar-refractivity contribution is 0.595. The Morgan fingerprint density at radius 3 is 2.50 bits per heavy atom. The lowest BCUT2D eigenvalue weighted by Gasteiger charge is -2.13. The SMILES string of the molecule is C=C/C(N)=C(\C(C)=C/N)c1cccc(S(=O)(=O)c2cc(C(=N)N)sc2SC)c1. The maximum atomic E-state index is 13.3. The Balaban J connectivity index is 2.69. The number of allylic oxidation sites excluding steroid dienone is 3. The van der Waals surface area contributed by atoms with Gasteiger partial charge in [0.25, 0.3) is 0 Å². The Hall–Kier alpha value is -2.49. The highest BCUT2D eigenvalue weighted by molar-refractivity contribution is 8.01. The number of sulfone groups is 1. The summed E-state index contributed by atoms with van der Waals surface area (Å²) in [6.45, 7) is 5.47. The number of rotatable bonds is 7. The smallest absolute Gasteiger partial charge is 0.208 e. The van der Waals surface area contributed by atoms with Crippen molar-refractivity contribution in [2.45, 2.75) is 20.9 Å². The number of nitrogen functional groups attached to an aromatic ring is 1. The summed E-state index contributed by atoms with van der Waals surface area (Å²) in [5.74, 6) is -0.164. The molecule has 0 bridgehead atoms. The van der Waals surface area contributed by atoms with Gasteiger partial charge in [-0.2, -0.15) is 0 Å². The number of hydrogen-bond acceptors (Lipinski definition) is 7. The number of thiophene rings is 1. The van der Waals surface area contributed by atoms with Crippen LogP contribution in [0.15, 0.2) is 74.5 Å². The second-order valence-electron chi connectivity index (χ2n) is 5.80. The second kappa shape index (κ2) is 8.68. The van der Waals surface area contributed by atoms with Gasteiger partial charge in [-0.1, -0.05) is 18.7 Å². The molecule has 2 rings (SSSR count). The number of hydrogen-bond donors (Lipinski definition) is 4. The molecule has 0 spiro atoms. The molecule has 0 saturated carbocycles. The number of thioether (sulfide) groups is 1. The first-order valence-corrected chi connectivity index (χ1v) is 11.6. The summed E-state index contributed by atoms with van der Waals surface area (Å²) >= 11 is 2.48. The summed E-state index contributed by atoms with van der Waals surface area (Å²) in [4.78, 5) is 0.672. The Bertz CT molecular complexity index is 1100. The molecule has 1 aromatic carbocycles. The predicted molar refractivity (Wildman–Crippen MR) is 118 cm³/mol. The molecule has 6 nitrogen and oxygen atoms in total. The average Bonchev–Trinajstić information content (AvgIpc) is 3.13. The van der Waals surface area contributed by atoms with Crippen LogP contribution < -0.4 is 17.2 Å². The quantitative estimate of drug-likeness (QED) is 0.228. The van der Waals surface area contributed by atoms with Gasteiger partial charge in [0.2, 0.25) is 9.84 Å². The molecule has 1 aromatic heterocycles. The highest BCUT2D eigenvalue weighted by atomic mass is 32.2. The minimum absolute atomic E-state index is 0.118. The third-order valence-corrected chi connectivity index (χ3v) is 8.33. The van der Waals surface area contributed by atoms with Gasteiger partial charge < -0.3 is 17.2 Å². The Kier molecular flexibility index (Phi) is 6.76. The Morgan fingerprint density at radius 2 is 1.96 bits per heavy atom. The molecule has 9 heteroatoms. The Labute approximate surface area is 173 Å². The van der Waals surface area contributed by atoms with Crippen LogP contribution >= 0.6 is 23.1 Å². The van der Waals surface area contributed by atoms with E-state index in [0.29, 0.717) is 31.5 Å². The zero-order valence-corrected chi connectivity index (χ0v) is 18.0. The van der Waals surface area contributed by atoms with Crippen molar-refractivity contribution in [1.82, 2.24) is 0 Å². The van der Waals surface area contributed by atoms with Crippen LogP contribution in [0.4, 0.5) is 0 Å². The fourth-order valence-electron chi connectivity index (χ4n) is 2.57. The molecule has 0 saturated heterocycles. The van der Waals surface area contributed by atoms with E-state index in [1.165, 1.54) is 47.5 Å². The summed E-state index contributed by atoms with van der Waals surface area (Å²) in [7, 11) is -3.82. The van der Waals surface area contributed by atoms with E-state index in [4.69, 9.17) is 22.6 Å². The fraction of sp³-hybridized carbons (Fsp3) is 0.105. The number of nitrogens with one attached hydrogen (secondary N) is 1. The summed E-state index contributed by atoms with van der Waals surface area (Å²) < 4.78 is 27.1. The topological polar surface area (TPSA) is 136 Å². The van der Waals surface area contributed by atoms with Gasteiger partial charge in [-0.05, 0) is 54.8 Å². The molecule has 0 radical (unpaired) electrons. The molecule has 0 aliphatic rings. The van der Waals surface area contributed by atoms with Gasteiger partial charge >= 0.3 is 0 Å². The highest BCUT2D eigenvalue weighted by Crippen LogP contribution is 2.37. The minimum atomic E-state index is -3.82. The van der Waals surface area contributed by atoms with Crippen LogP contribution in [0.1, 0.15) is 17.4 Å². The van der Waals surface area contributed by atoms with Gasteiger partial charge in [0.15, 0.2) is 0 Å². The summed E-state index contributed by atoms with van der Waals surface area (Å²) in [5.41, 5.74) is 19.6. The first-order valence-electron chi connectivity index (χ1n) is 8.06. The molecule has 148 valence electrons. The van der Waals surface area contributed by atoms with E-state index >= 15 is 0 Å². The fourth-order valence-corrected chi connectivity index (χ4v) is 6.48. The molecule has 0 atom stereocenters. The maximum Gasteiger partial charge on any atom is 0.208 e. The van der Waals surface area contributed by atoms with E-state index in [0.717, 1.165) is 0 Å². The maximum absolute atomic E-state index is 13.3. The average molecular weight is 435 g/mol. The number of amidine groups is 1. The molecule has 0 unspecified atom stereocenters. The minimum Gasteiger partial charge on any atom is -0.404 e. The van der Waals surface area contributed by atoms with Crippen molar-refractivity contribution < 1.29 is 8.42 Å². The van der Waals surface area contributed by atoms with Crippen molar-refractivity contribution >= 4 is 44.3 Å². The summed E-state index contributed by atoms with van der Waals surface area (Å²) in [5, 5.41) is 7.59. The van der Waals surface area contributed by atoms with Crippen LogP contribution in [0.25, 0.3) is 5.57 Å². The second-order valence-corrected chi connectivity index (χ2v) is 9.84. The van der Waals surface area contributed by atoms with Gasteiger partial charge in [-0.15, -0.1) is 23.1 Å². The first kappa shape index (κ1) is 21.8. The number of nitrogens with two attached hydrogens (primary N) is 3. The molecule has 7 N–H and O–H groups in total. The highest BCUT2D eigenvalue weighted by Gasteiger charge is 2.25.